The van der Waals surface area contributed by atoms with Gasteiger partial charge in [-0.2, -0.15) is 4.98 Å². The maximum atomic E-state index is 6.21. The smallest absolute Gasteiger partial charge is 0.223 e. The Bertz CT molecular complexity index is 653. The summed E-state index contributed by atoms with van der Waals surface area (Å²) in [6.45, 7) is 7.19. The van der Waals surface area contributed by atoms with Crippen LogP contribution in [0.1, 0.15) is 40.4 Å². The van der Waals surface area contributed by atoms with Crippen molar-refractivity contribution in [1.29, 1.82) is 0 Å². The van der Waals surface area contributed by atoms with Crippen LogP contribution in [-0.2, 0) is 11.3 Å². The summed E-state index contributed by atoms with van der Waals surface area (Å²) in [5.41, 5.74) is 0. The van der Waals surface area contributed by atoms with E-state index < -0.39 is 0 Å². The zero-order chi connectivity index (χ0) is 15.1. The van der Waals surface area contributed by atoms with E-state index in [2.05, 4.69) is 34.1 Å². The number of hydrogen-bond acceptors (Lipinski definition) is 6. The fourth-order valence-electron chi connectivity index (χ4n) is 3.54. The molecule has 0 unspecified atom stereocenters. The number of hydrogen-bond donors (Lipinski definition) is 0. The van der Waals surface area contributed by atoms with Gasteiger partial charge in [0.05, 0.1) is 6.10 Å². The molecule has 118 valence electrons. The normalized spacial score (nSPS) is 28.9. The van der Waals surface area contributed by atoms with Crippen LogP contribution in [0.4, 0.5) is 0 Å². The molecule has 0 N–H and O–H groups in total. The quantitative estimate of drug-likeness (QED) is 0.870. The summed E-state index contributed by atoms with van der Waals surface area (Å²) >= 11 is 1.89. The number of aromatic nitrogens is 2. The van der Waals surface area contributed by atoms with Crippen molar-refractivity contribution in [2.45, 2.75) is 45.4 Å². The van der Waals surface area contributed by atoms with Gasteiger partial charge >= 0.3 is 0 Å². The summed E-state index contributed by atoms with van der Waals surface area (Å²) in [7, 11) is 0. The molecule has 0 aromatic carbocycles. The van der Waals surface area contributed by atoms with E-state index in [1.54, 1.807) is 0 Å². The summed E-state index contributed by atoms with van der Waals surface area (Å²) in [5, 5.41) is 4.02. The predicted molar refractivity (Wildman–Crippen MR) is 83.7 cm³/mol. The van der Waals surface area contributed by atoms with Gasteiger partial charge in [0.25, 0.3) is 0 Å². The van der Waals surface area contributed by atoms with Gasteiger partial charge in [-0.05, 0) is 44.4 Å². The summed E-state index contributed by atoms with van der Waals surface area (Å²) in [6.07, 6.45) is 2.53. The zero-order valence-corrected chi connectivity index (χ0v) is 13.8. The molecule has 0 amide bonds. The van der Waals surface area contributed by atoms with E-state index in [4.69, 9.17) is 9.26 Å². The standard InChI is InChI=1S/C16H21N3O2S/c1-10-3-4-13(22-10)8-19-6-5-12-7-14(20-15(12)9-19)16-17-11(2)21-18-16/h3-4,12,14-15H,5-9H2,1-2H3/t12-,14+,15+/m0/s1. The lowest BCUT2D eigenvalue weighted by molar-refractivity contribution is -0.0123. The molecule has 2 aromatic rings. The van der Waals surface area contributed by atoms with Gasteiger partial charge < -0.3 is 9.26 Å². The van der Waals surface area contributed by atoms with E-state index >= 15 is 0 Å². The van der Waals surface area contributed by atoms with E-state index in [0.29, 0.717) is 23.7 Å². The SMILES string of the molecule is Cc1nc([C@H]2C[C@@H]3CCN(Cc4ccc(C)s4)C[C@H]3O2)no1. The van der Waals surface area contributed by atoms with Gasteiger partial charge in [-0.15, -0.1) is 11.3 Å². The lowest BCUT2D eigenvalue weighted by atomic mass is 9.91. The minimum Gasteiger partial charge on any atom is -0.365 e. The second-order valence-corrected chi connectivity index (χ2v) is 7.74. The molecule has 0 bridgehead atoms. The average Bonchev–Trinajstić information content (AvgIpc) is 3.18. The van der Waals surface area contributed by atoms with Crippen LogP contribution in [0, 0.1) is 19.8 Å². The molecule has 2 fully saturated rings. The Kier molecular flexibility index (Phi) is 3.76. The van der Waals surface area contributed by atoms with Gasteiger partial charge in [0.2, 0.25) is 11.7 Å². The van der Waals surface area contributed by atoms with Gasteiger partial charge in [0.15, 0.2) is 0 Å². The van der Waals surface area contributed by atoms with Gasteiger partial charge in [-0.1, -0.05) is 5.16 Å². The second-order valence-electron chi connectivity index (χ2n) is 6.37. The third kappa shape index (κ3) is 2.83. The highest BCUT2D eigenvalue weighted by Gasteiger charge is 2.41. The first-order valence-electron chi connectivity index (χ1n) is 7.91. The number of piperidine rings is 1. The molecule has 5 nitrogen and oxygen atoms in total. The maximum absolute atomic E-state index is 6.21. The van der Waals surface area contributed by atoms with E-state index in [0.717, 1.165) is 26.1 Å². The first kappa shape index (κ1) is 14.4. The zero-order valence-electron chi connectivity index (χ0n) is 13.0. The molecule has 0 spiro atoms. The highest BCUT2D eigenvalue weighted by molar-refractivity contribution is 7.11. The van der Waals surface area contributed by atoms with Crippen molar-refractivity contribution >= 4 is 11.3 Å². The van der Waals surface area contributed by atoms with Crippen molar-refractivity contribution in [3.05, 3.63) is 33.6 Å². The number of rotatable bonds is 3. The van der Waals surface area contributed by atoms with Crippen molar-refractivity contribution in [1.82, 2.24) is 15.0 Å². The topological polar surface area (TPSA) is 51.4 Å². The van der Waals surface area contributed by atoms with Gasteiger partial charge in [-0.3, -0.25) is 4.90 Å². The summed E-state index contributed by atoms with van der Waals surface area (Å²) in [4.78, 5) is 9.66. The highest BCUT2D eigenvalue weighted by Crippen LogP contribution is 2.40. The van der Waals surface area contributed by atoms with Crippen molar-refractivity contribution < 1.29 is 9.26 Å². The largest absolute Gasteiger partial charge is 0.365 e. The Morgan fingerprint density at radius 1 is 1.36 bits per heavy atom. The monoisotopic (exact) mass is 319 g/mol. The maximum Gasteiger partial charge on any atom is 0.223 e. The number of nitrogens with zero attached hydrogens (tertiary/aromatic N) is 3. The minimum absolute atomic E-state index is 0.0105. The van der Waals surface area contributed by atoms with Gasteiger partial charge in [-0.25, -0.2) is 0 Å². The summed E-state index contributed by atoms with van der Waals surface area (Å²) in [5.74, 6) is 1.96. The van der Waals surface area contributed by atoms with Crippen molar-refractivity contribution in [3.8, 4) is 0 Å². The third-order valence-corrected chi connectivity index (χ3v) is 5.63. The fourth-order valence-corrected chi connectivity index (χ4v) is 4.47. The molecule has 4 heterocycles. The summed E-state index contributed by atoms with van der Waals surface area (Å²) in [6, 6.07) is 4.44. The molecule has 2 saturated heterocycles. The number of fused-ring (bicyclic) bond motifs is 1. The minimum atomic E-state index is 0.0105. The molecule has 0 aliphatic carbocycles. The van der Waals surface area contributed by atoms with Gasteiger partial charge in [0.1, 0.15) is 6.10 Å². The first-order chi connectivity index (χ1) is 10.7. The average molecular weight is 319 g/mol. The Balaban J connectivity index is 1.39. The molecule has 4 rings (SSSR count). The van der Waals surface area contributed by atoms with Crippen LogP contribution in [0.15, 0.2) is 16.7 Å². The first-order valence-corrected chi connectivity index (χ1v) is 8.72. The molecule has 22 heavy (non-hydrogen) atoms. The van der Waals surface area contributed by atoms with Crippen molar-refractivity contribution in [2.75, 3.05) is 13.1 Å². The molecule has 2 aliphatic rings. The van der Waals surface area contributed by atoms with Gasteiger partial charge in [0, 0.05) is 29.8 Å². The second kappa shape index (κ2) is 5.76. The van der Waals surface area contributed by atoms with E-state index in [1.165, 1.54) is 16.2 Å². The number of thiophene rings is 1. The van der Waals surface area contributed by atoms with Crippen LogP contribution >= 0.6 is 11.3 Å². The van der Waals surface area contributed by atoms with E-state index in [9.17, 15) is 0 Å². The van der Waals surface area contributed by atoms with E-state index in [1.807, 2.05) is 18.3 Å². The predicted octanol–water partition coefficient (Wildman–Crippen LogP) is 3.10. The molecule has 2 aliphatic heterocycles. The molecule has 0 saturated carbocycles. The van der Waals surface area contributed by atoms with Crippen LogP contribution in [0.25, 0.3) is 0 Å². The Hall–Kier alpha value is -1.24. The number of aryl methyl sites for hydroxylation is 2. The van der Waals surface area contributed by atoms with Crippen molar-refractivity contribution in [2.24, 2.45) is 5.92 Å². The highest BCUT2D eigenvalue weighted by atomic mass is 32.1. The fraction of sp³-hybridized carbons (Fsp3) is 0.625. The van der Waals surface area contributed by atoms with Crippen molar-refractivity contribution in [3.63, 3.8) is 0 Å². The van der Waals surface area contributed by atoms with E-state index in [-0.39, 0.29) is 6.10 Å². The van der Waals surface area contributed by atoms with Crippen LogP contribution < -0.4 is 0 Å². The van der Waals surface area contributed by atoms with Crippen LogP contribution in [-0.4, -0.2) is 34.2 Å². The molecule has 2 aromatic heterocycles. The summed E-state index contributed by atoms with van der Waals surface area (Å²) < 4.78 is 11.3. The molecule has 0 radical (unpaired) electrons. The third-order valence-electron chi connectivity index (χ3n) is 4.64. The molecule has 3 atom stereocenters. The Labute approximate surface area is 134 Å². The van der Waals surface area contributed by atoms with Crippen LogP contribution in [0.3, 0.4) is 0 Å². The number of ether oxygens (including phenoxy) is 1. The van der Waals surface area contributed by atoms with Crippen LogP contribution in [0.5, 0.6) is 0 Å². The number of likely N-dealkylation sites (tertiary alicyclic amines) is 1. The lowest BCUT2D eigenvalue weighted by Gasteiger charge is -2.33. The Morgan fingerprint density at radius 2 is 2.27 bits per heavy atom. The molecule has 6 heteroatoms. The lowest BCUT2D eigenvalue weighted by Crippen LogP contribution is -2.41. The molecular weight excluding hydrogens is 298 g/mol. The van der Waals surface area contributed by atoms with Crippen LogP contribution in [0.2, 0.25) is 0 Å². The Morgan fingerprint density at radius 3 is 3.00 bits per heavy atom. The molecular formula is C16H21N3O2S.